The molecule has 1 aromatic carbocycles. The van der Waals surface area contributed by atoms with Crippen LogP contribution in [0.1, 0.15) is 33.1 Å². The largest absolute Gasteiger partial charge is 0.481 e. The standard InChI is InChI=1S/C15H22N2O4/c1-3-4-5-9-16(11-12(2)15(18)19)13-7-6-8-14(10-13)17(20)21/h6-8,10,12H,3-5,9,11H2,1-2H3,(H,18,19). The van der Waals surface area contributed by atoms with E-state index in [4.69, 9.17) is 5.11 Å². The van der Waals surface area contributed by atoms with Gasteiger partial charge in [-0.3, -0.25) is 14.9 Å². The zero-order valence-electron chi connectivity index (χ0n) is 12.5. The summed E-state index contributed by atoms with van der Waals surface area (Å²) in [4.78, 5) is 23.4. The second-order valence-corrected chi connectivity index (χ2v) is 5.17. The van der Waals surface area contributed by atoms with Gasteiger partial charge in [0.2, 0.25) is 0 Å². The molecule has 0 aliphatic carbocycles. The fourth-order valence-electron chi connectivity index (χ4n) is 2.09. The quantitative estimate of drug-likeness (QED) is 0.429. The number of nitro groups is 1. The molecular weight excluding hydrogens is 272 g/mol. The second-order valence-electron chi connectivity index (χ2n) is 5.17. The van der Waals surface area contributed by atoms with E-state index in [2.05, 4.69) is 6.92 Å². The molecule has 1 unspecified atom stereocenters. The Morgan fingerprint density at radius 2 is 2.14 bits per heavy atom. The molecular formula is C15H22N2O4. The zero-order chi connectivity index (χ0) is 15.8. The predicted molar refractivity (Wildman–Crippen MR) is 81.6 cm³/mol. The highest BCUT2D eigenvalue weighted by Gasteiger charge is 2.18. The summed E-state index contributed by atoms with van der Waals surface area (Å²) < 4.78 is 0. The second kappa shape index (κ2) is 8.24. The van der Waals surface area contributed by atoms with Crippen molar-refractivity contribution in [2.24, 2.45) is 5.92 Å². The van der Waals surface area contributed by atoms with E-state index in [1.165, 1.54) is 12.1 Å². The van der Waals surface area contributed by atoms with Crippen LogP contribution in [0.25, 0.3) is 0 Å². The smallest absolute Gasteiger partial charge is 0.308 e. The van der Waals surface area contributed by atoms with E-state index in [-0.39, 0.29) is 5.69 Å². The van der Waals surface area contributed by atoms with Crippen LogP contribution in [0.4, 0.5) is 11.4 Å². The minimum Gasteiger partial charge on any atom is -0.481 e. The molecule has 21 heavy (non-hydrogen) atoms. The van der Waals surface area contributed by atoms with Gasteiger partial charge in [0.25, 0.3) is 5.69 Å². The molecule has 6 nitrogen and oxygen atoms in total. The maximum atomic E-state index is 11.0. The topological polar surface area (TPSA) is 83.7 Å². The lowest BCUT2D eigenvalue weighted by molar-refractivity contribution is -0.384. The number of benzene rings is 1. The van der Waals surface area contributed by atoms with E-state index in [1.54, 1.807) is 19.1 Å². The van der Waals surface area contributed by atoms with Gasteiger partial charge >= 0.3 is 5.97 Å². The fourth-order valence-corrected chi connectivity index (χ4v) is 2.09. The van der Waals surface area contributed by atoms with Crippen molar-refractivity contribution in [1.29, 1.82) is 0 Å². The Hall–Kier alpha value is -2.11. The highest BCUT2D eigenvalue weighted by atomic mass is 16.6. The maximum absolute atomic E-state index is 11.0. The third-order valence-electron chi connectivity index (χ3n) is 3.35. The number of rotatable bonds is 9. The van der Waals surface area contributed by atoms with E-state index < -0.39 is 16.8 Å². The van der Waals surface area contributed by atoms with Gasteiger partial charge in [-0.1, -0.05) is 32.8 Å². The molecule has 0 saturated heterocycles. The molecule has 1 atom stereocenters. The molecule has 0 aliphatic rings. The van der Waals surface area contributed by atoms with E-state index in [0.29, 0.717) is 18.8 Å². The van der Waals surface area contributed by atoms with Gasteiger partial charge in [0, 0.05) is 30.9 Å². The molecule has 1 rings (SSSR count). The summed E-state index contributed by atoms with van der Waals surface area (Å²) in [5, 5.41) is 19.9. The van der Waals surface area contributed by atoms with E-state index in [9.17, 15) is 14.9 Å². The Labute approximate surface area is 124 Å². The molecule has 0 amide bonds. The Morgan fingerprint density at radius 1 is 1.43 bits per heavy atom. The Balaban J connectivity index is 2.90. The van der Waals surface area contributed by atoms with Crippen molar-refractivity contribution in [3.05, 3.63) is 34.4 Å². The maximum Gasteiger partial charge on any atom is 0.308 e. The number of unbranched alkanes of at least 4 members (excludes halogenated alkanes) is 2. The van der Waals surface area contributed by atoms with Gasteiger partial charge in [0.1, 0.15) is 0 Å². The summed E-state index contributed by atoms with van der Waals surface area (Å²) in [6.45, 7) is 4.79. The minimum atomic E-state index is -0.860. The summed E-state index contributed by atoms with van der Waals surface area (Å²) in [7, 11) is 0. The van der Waals surface area contributed by atoms with Crippen molar-refractivity contribution in [2.45, 2.75) is 33.1 Å². The molecule has 0 saturated carbocycles. The van der Waals surface area contributed by atoms with Gasteiger partial charge in [-0.25, -0.2) is 0 Å². The van der Waals surface area contributed by atoms with Gasteiger partial charge in [0.05, 0.1) is 10.8 Å². The van der Waals surface area contributed by atoms with Gasteiger partial charge in [-0.15, -0.1) is 0 Å². The highest BCUT2D eigenvalue weighted by Crippen LogP contribution is 2.22. The number of aliphatic carboxylic acids is 1. The molecule has 0 radical (unpaired) electrons. The van der Waals surface area contributed by atoms with Crippen molar-refractivity contribution >= 4 is 17.3 Å². The van der Waals surface area contributed by atoms with Crippen LogP contribution in [0.15, 0.2) is 24.3 Å². The van der Waals surface area contributed by atoms with E-state index in [0.717, 1.165) is 19.3 Å². The molecule has 6 heteroatoms. The monoisotopic (exact) mass is 294 g/mol. The summed E-state index contributed by atoms with van der Waals surface area (Å²) in [6.07, 6.45) is 3.05. The third kappa shape index (κ3) is 5.41. The molecule has 0 bridgehead atoms. The number of hydrogen-bond donors (Lipinski definition) is 1. The minimum absolute atomic E-state index is 0.0240. The summed E-state index contributed by atoms with van der Waals surface area (Å²) in [5.74, 6) is -1.38. The normalized spacial score (nSPS) is 11.9. The first kappa shape index (κ1) is 16.9. The van der Waals surface area contributed by atoms with E-state index in [1.807, 2.05) is 4.90 Å². The Morgan fingerprint density at radius 3 is 2.71 bits per heavy atom. The van der Waals surface area contributed by atoms with Crippen LogP contribution in [0, 0.1) is 16.0 Å². The average Bonchev–Trinajstić information content (AvgIpc) is 2.46. The highest BCUT2D eigenvalue weighted by molar-refractivity contribution is 5.70. The summed E-state index contributed by atoms with van der Waals surface area (Å²) in [5.41, 5.74) is 0.726. The summed E-state index contributed by atoms with van der Waals surface area (Å²) in [6, 6.07) is 6.36. The number of nitro benzene ring substituents is 1. The van der Waals surface area contributed by atoms with Gasteiger partial charge in [-0.2, -0.15) is 0 Å². The van der Waals surface area contributed by atoms with Crippen molar-refractivity contribution in [3.8, 4) is 0 Å². The lowest BCUT2D eigenvalue weighted by Gasteiger charge is -2.26. The average molecular weight is 294 g/mol. The number of carbonyl (C=O) groups is 1. The van der Waals surface area contributed by atoms with Crippen LogP contribution in [-0.4, -0.2) is 29.1 Å². The zero-order valence-corrected chi connectivity index (χ0v) is 12.5. The first-order valence-corrected chi connectivity index (χ1v) is 7.18. The fraction of sp³-hybridized carbons (Fsp3) is 0.533. The number of nitrogens with zero attached hydrogens (tertiary/aromatic N) is 2. The van der Waals surface area contributed by atoms with Crippen LogP contribution >= 0.6 is 0 Å². The van der Waals surface area contributed by atoms with Crippen molar-refractivity contribution in [2.75, 3.05) is 18.0 Å². The summed E-state index contributed by atoms with van der Waals surface area (Å²) >= 11 is 0. The van der Waals surface area contributed by atoms with Crippen molar-refractivity contribution < 1.29 is 14.8 Å². The number of hydrogen-bond acceptors (Lipinski definition) is 4. The molecule has 0 heterocycles. The van der Waals surface area contributed by atoms with Crippen molar-refractivity contribution in [3.63, 3.8) is 0 Å². The van der Waals surface area contributed by atoms with Gasteiger partial charge < -0.3 is 10.0 Å². The van der Waals surface area contributed by atoms with Crippen molar-refractivity contribution in [1.82, 2.24) is 0 Å². The lowest BCUT2D eigenvalue weighted by Crippen LogP contribution is -2.32. The SMILES string of the molecule is CCCCCN(CC(C)C(=O)O)c1cccc([N+](=O)[O-])c1. The molecule has 116 valence electrons. The Bertz CT molecular complexity index is 490. The lowest BCUT2D eigenvalue weighted by atomic mass is 10.1. The van der Waals surface area contributed by atoms with E-state index >= 15 is 0 Å². The van der Waals surface area contributed by atoms with Crippen LogP contribution in [0.2, 0.25) is 0 Å². The van der Waals surface area contributed by atoms with Crippen LogP contribution in [0.5, 0.6) is 0 Å². The molecule has 1 N–H and O–H groups in total. The van der Waals surface area contributed by atoms with Crippen LogP contribution in [-0.2, 0) is 4.79 Å². The molecule has 0 spiro atoms. The van der Waals surface area contributed by atoms with Gasteiger partial charge in [-0.05, 0) is 12.5 Å². The number of non-ortho nitro benzene ring substituents is 1. The molecule has 1 aromatic rings. The molecule has 0 fully saturated rings. The number of carboxylic acids is 1. The first-order chi connectivity index (χ1) is 9.95. The molecule has 0 aromatic heterocycles. The molecule has 0 aliphatic heterocycles. The Kier molecular flexibility index (Phi) is 6.65. The van der Waals surface area contributed by atoms with Crippen LogP contribution in [0.3, 0.4) is 0 Å². The van der Waals surface area contributed by atoms with Gasteiger partial charge in [0.15, 0.2) is 0 Å². The number of carboxylic acid groups (broad SMARTS) is 1. The third-order valence-corrected chi connectivity index (χ3v) is 3.35. The number of anilines is 1. The van der Waals surface area contributed by atoms with Crippen LogP contribution < -0.4 is 4.90 Å². The predicted octanol–water partition coefficient (Wildman–Crippen LogP) is 3.31. The first-order valence-electron chi connectivity index (χ1n) is 7.18.